The molecule has 2 heterocycles. The Bertz CT molecular complexity index is 1790. The number of fused-ring (bicyclic) bond motifs is 2. The van der Waals surface area contributed by atoms with Crippen LogP contribution in [0.5, 0.6) is 0 Å². The Hall–Kier alpha value is -4.97. The second-order valence-corrected chi connectivity index (χ2v) is 9.92. The van der Waals surface area contributed by atoms with E-state index in [1.807, 2.05) is 54.6 Å². The number of carboxylic acid groups (broad SMARTS) is 1. The van der Waals surface area contributed by atoms with Crippen LogP contribution in [0.15, 0.2) is 109 Å². The molecule has 1 unspecified atom stereocenters. The first kappa shape index (κ1) is 25.3. The van der Waals surface area contributed by atoms with E-state index in [2.05, 4.69) is 70.3 Å². The van der Waals surface area contributed by atoms with Crippen molar-refractivity contribution < 1.29 is 9.90 Å². The lowest BCUT2D eigenvalue weighted by atomic mass is 9.95. The number of carboxylic acids is 1. The third kappa shape index (κ3) is 4.80. The minimum absolute atomic E-state index is 0.330. The summed E-state index contributed by atoms with van der Waals surface area (Å²) in [6, 6.07) is 33.8. The fourth-order valence-corrected chi connectivity index (χ4v) is 5.58. The van der Waals surface area contributed by atoms with E-state index in [0.717, 1.165) is 50.6 Å². The lowest BCUT2D eigenvalue weighted by Crippen LogP contribution is -2.32. The van der Waals surface area contributed by atoms with Gasteiger partial charge in [-0.2, -0.15) is 0 Å². The van der Waals surface area contributed by atoms with Crippen LogP contribution < -0.4 is 5.32 Å². The molecule has 0 aliphatic carbocycles. The summed E-state index contributed by atoms with van der Waals surface area (Å²) in [6.07, 6.45) is 2.63. The van der Waals surface area contributed by atoms with Crippen molar-refractivity contribution in [3.63, 3.8) is 0 Å². The van der Waals surface area contributed by atoms with Crippen LogP contribution in [0.2, 0.25) is 0 Å². The summed E-state index contributed by atoms with van der Waals surface area (Å²) in [6.45, 7) is 2.80. The molecule has 40 heavy (non-hydrogen) atoms. The van der Waals surface area contributed by atoms with Gasteiger partial charge in [0.15, 0.2) is 0 Å². The van der Waals surface area contributed by atoms with E-state index in [9.17, 15) is 9.90 Å². The maximum absolute atomic E-state index is 12.4. The number of nitrogens with zero attached hydrogens (tertiary/aromatic N) is 3. The Morgan fingerprint density at radius 1 is 0.850 bits per heavy atom. The van der Waals surface area contributed by atoms with Gasteiger partial charge in [0.25, 0.3) is 0 Å². The van der Waals surface area contributed by atoms with Crippen LogP contribution in [0.4, 0.5) is 5.82 Å². The van der Waals surface area contributed by atoms with Gasteiger partial charge < -0.3 is 15.0 Å². The van der Waals surface area contributed by atoms with Gasteiger partial charge in [0.2, 0.25) is 0 Å². The maximum atomic E-state index is 12.4. The summed E-state index contributed by atoms with van der Waals surface area (Å²) in [4.78, 5) is 21.8. The molecule has 6 nitrogen and oxygen atoms in total. The highest BCUT2D eigenvalue weighted by Gasteiger charge is 2.26. The molecule has 0 saturated carbocycles. The molecule has 0 bridgehead atoms. The number of carbonyl (C=O) groups is 1. The number of anilines is 1. The molecule has 0 radical (unpaired) electrons. The minimum Gasteiger partial charge on any atom is -0.480 e. The molecule has 0 aliphatic rings. The van der Waals surface area contributed by atoms with Crippen molar-refractivity contribution in [1.82, 2.24) is 14.5 Å². The Balaban J connectivity index is 1.58. The summed E-state index contributed by atoms with van der Waals surface area (Å²) >= 11 is 0. The molecular weight excluding hydrogens is 496 g/mol. The minimum atomic E-state index is -0.929. The first-order valence-corrected chi connectivity index (χ1v) is 13.6. The fraction of sp³-hybridized carbons (Fsp3) is 0.147. The molecule has 6 aromatic rings. The van der Waals surface area contributed by atoms with Crippen LogP contribution >= 0.6 is 0 Å². The van der Waals surface area contributed by atoms with Crippen molar-refractivity contribution in [3.8, 4) is 11.1 Å². The topological polar surface area (TPSA) is 80.0 Å². The maximum Gasteiger partial charge on any atom is 0.326 e. The Morgan fingerprint density at radius 2 is 1.52 bits per heavy atom. The molecule has 0 amide bonds. The zero-order valence-electron chi connectivity index (χ0n) is 22.3. The second kappa shape index (κ2) is 11.0. The van der Waals surface area contributed by atoms with Gasteiger partial charge in [0.05, 0.1) is 5.39 Å². The van der Waals surface area contributed by atoms with Gasteiger partial charge >= 0.3 is 5.97 Å². The van der Waals surface area contributed by atoms with E-state index in [1.54, 1.807) is 0 Å². The van der Waals surface area contributed by atoms with Crippen LogP contribution in [0.25, 0.3) is 32.9 Å². The van der Waals surface area contributed by atoms with Crippen molar-refractivity contribution >= 4 is 33.6 Å². The quantitative estimate of drug-likeness (QED) is 0.213. The first-order valence-electron chi connectivity index (χ1n) is 13.6. The SMILES string of the molecule is CCc1c(-c2cccc3ccccc23)c2c(NC(Cc3ccccc3)C(=O)O)ncnc2n1Cc1ccccc1. The van der Waals surface area contributed by atoms with E-state index in [0.29, 0.717) is 18.8 Å². The van der Waals surface area contributed by atoms with Crippen LogP contribution in [-0.2, 0) is 24.2 Å². The van der Waals surface area contributed by atoms with Gasteiger partial charge in [-0.15, -0.1) is 0 Å². The third-order valence-electron chi connectivity index (χ3n) is 7.42. The van der Waals surface area contributed by atoms with E-state index < -0.39 is 12.0 Å². The van der Waals surface area contributed by atoms with Gasteiger partial charge in [0.1, 0.15) is 23.8 Å². The first-order chi connectivity index (χ1) is 19.6. The number of hydrogen-bond donors (Lipinski definition) is 2. The van der Waals surface area contributed by atoms with E-state index >= 15 is 0 Å². The van der Waals surface area contributed by atoms with Crippen molar-refractivity contribution in [2.45, 2.75) is 32.4 Å². The van der Waals surface area contributed by atoms with Gasteiger partial charge in [0, 0.05) is 24.2 Å². The van der Waals surface area contributed by atoms with E-state index in [-0.39, 0.29) is 0 Å². The number of nitrogens with one attached hydrogen (secondary N) is 1. The number of aliphatic carboxylic acids is 1. The van der Waals surface area contributed by atoms with Gasteiger partial charge in [-0.1, -0.05) is 110 Å². The van der Waals surface area contributed by atoms with Gasteiger partial charge in [-0.25, -0.2) is 14.8 Å². The molecule has 0 fully saturated rings. The van der Waals surface area contributed by atoms with Crippen LogP contribution in [-0.4, -0.2) is 31.7 Å². The zero-order chi connectivity index (χ0) is 27.5. The Kier molecular flexibility index (Phi) is 6.98. The summed E-state index contributed by atoms with van der Waals surface area (Å²) < 4.78 is 2.25. The zero-order valence-corrected chi connectivity index (χ0v) is 22.3. The average Bonchev–Trinajstić information content (AvgIpc) is 3.31. The largest absolute Gasteiger partial charge is 0.480 e. The standard InChI is InChI=1S/C34H30N4O2/c1-2-29-30(27-19-11-17-25-16-9-10-18-26(25)27)31-32(37-28(34(39)40)20-23-12-5-3-6-13-23)35-22-36-33(31)38(29)21-24-14-7-4-8-15-24/h3-19,22,28H,2,20-21H2,1H3,(H,39,40)(H,35,36,37). The summed E-state index contributed by atoms with van der Waals surface area (Å²) in [5.74, 6) is -0.403. The van der Waals surface area contributed by atoms with E-state index in [1.165, 1.54) is 11.9 Å². The number of benzene rings is 4. The highest BCUT2D eigenvalue weighted by molar-refractivity contribution is 6.09. The second-order valence-electron chi connectivity index (χ2n) is 9.92. The molecule has 0 saturated heterocycles. The predicted octanol–water partition coefficient (Wildman–Crippen LogP) is 6.97. The Labute approximate surface area is 233 Å². The molecular formula is C34H30N4O2. The molecule has 1 atom stereocenters. The number of hydrogen-bond acceptors (Lipinski definition) is 4. The van der Waals surface area contributed by atoms with Crippen LogP contribution in [0.1, 0.15) is 23.7 Å². The van der Waals surface area contributed by atoms with Gasteiger partial charge in [-0.3, -0.25) is 0 Å². The predicted molar refractivity (Wildman–Crippen MR) is 161 cm³/mol. The molecule has 0 spiro atoms. The monoisotopic (exact) mass is 526 g/mol. The molecule has 198 valence electrons. The third-order valence-corrected chi connectivity index (χ3v) is 7.42. The van der Waals surface area contributed by atoms with Crippen molar-refractivity contribution in [1.29, 1.82) is 0 Å². The summed E-state index contributed by atoms with van der Waals surface area (Å²) in [7, 11) is 0. The summed E-state index contributed by atoms with van der Waals surface area (Å²) in [5, 5.41) is 16.6. The van der Waals surface area contributed by atoms with E-state index in [4.69, 9.17) is 4.98 Å². The number of rotatable bonds is 9. The Morgan fingerprint density at radius 3 is 2.25 bits per heavy atom. The normalized spacial score (nSPS) is 12.0. The molecule has 6 rings (SSSR count). The number of aromatic nitrogens is 3. The van der Waals surface area contributed by atoms with Gasteiger partial charge in [-0.05, 0) is 33.9 Å². The molecule has 0 aliphatic heterocycles. The van der Waals surface area contributed by atoms with Crippen molar-refractivity contribution in [2.75, 3.05) is 5.32 Å². The molecule has 6 heteroatoms. The molecule has 4 aromatic carbocycles. The average molecular weight is 527 g/mol. The summed E-state index contributed by atoms with van der Waals surface area (Å²) in [5.41, 5.74) is 6.15. The smallest absolute Gasteiger partial charge is 0.326 e. The van der Waals surface area contributed by atoms with Crippen molar-refractivity contribution in [3.05, 3.63) is 126 Å². The van der Waals surface area contributed by atoms with Crippen LogP contribution in [0.3, 0.4) is 0 Å². The highest BCUT2D eigenvalue weighted by atomic mass is 16.4. The lowest BCUT2D eigenvalue weighted by molar-refractivity contribution is -0.137. The lowest BCUT2D eigenvalue weighted by Gasteiger charge is -2.17. The highest BCUT2D eigenvalue weighted by Crippen LogP contribution is 2.41. The molecule has 2 N–H and O–H groups in total. The van der Waals surface area contributed by atoms with Crippen LogP contribution in [0, 0.1) is 0 Å². The molecule has 2 aromatic heterocycles. The van der Waals surface area contributed by atoms with Crippen molar-refractivity contribution in [2.24, 2.45) is 0 Å². The fourth-order valence-electron chi connectivity index (χ4n) is 5.58.